The molecule has 76 valence electrons. The Morgan fingerprint density at radius 2 is 2.64 bits per heavy atom. The largest absolute Gasteiger partial charge is 0.463 e. The van der Waals surface area contributed by atoms with Crippen LogP contribution in [0, 0.1) is 0 Å². The van der Waals surface area contributed by atoms with Crippen molar-refractivity contribution in [1.29, 1.82) is 0 Å². The van der Waals surface area contributed by atoms with E-state index in [1.807, 2.05) is 0 Å². The quantitative estimate of drug-likeness (QED) is 0.438. The number of rotatable bonds is 5. The molecule has 0 amide bonds. The van der Waals surface area contributed by atoms with Crippen LogP contribution in [0.25, 0.3) is 0 Å². The van der Waals surface area contributed by atoms with E-state index in [1.165, 1.54) is 29.2 Å². The van der Waals surface area contributed by atoms with Gasteiger partial charge in [-0.15, -0.1) is 10.2 Å². The van der Waals surface area contributed by atoms with E-state index >= 15 is 0 Å². The minimum atomic E-state index is -0.301. The molecule has 0 saturated heterocycles. The molecule has 0 radical (unpaired) electrons. The molecule has 0 aliphatic carbocycles. The van der Waals surface area contributed by atoms with E-state index in [0.717, 1.165) is 4.34 Å². The molecule has 6 heteroatoms. The van der Waals surface area contributed by atoms with Crippen LogP contribution < -0.4 is 0 Å². The molecule has 0 unspecified atom stereocenters. The lowest BCUT2D eigenvalue weighted by Gasteiger charge is -1.93. The van der Waals surface area contributed by atoms with Gasteiger partial charge in [-0.25, -0.2) is 4.79 Å². The zero-order chi connectivity index (χ0) is 10.2. The van der Waals surface area contributed by atoms with Crippen molar-refractivity contribution < 1.29 is 9.53 Å². The number of aromatic nitrogens is 2. The highest BCUT2D eigenvalue weighted by molar-refractivity contribution is 8.01. The van der Waals surface area contributed by atoms with Gasteiger partial charge in [0.05, 0.1) is 6.61 Å². The first kappa shape index (κ1) is 11.2. The number of thioether (sulfide) groups is 1. The zero-order valence-corrected chi connectivity index (χ0v) is 9.31. The van der Waals surface area contributed by atoms with E-state index in [1.54, 1.807) is 18.5 Å². The molecule has 0 N–H and O–H groups in total. The van der Waals surface area contributed by atoms with Crippen LogP contribution in [0.15, 0.2) is 22.0 Å². The summed E-state index contributed by atoms with van der Waals surface area (Å²) in [6.07, 6.45) is 3.18. The van der Waals surface area contributed by atoms with E-state index in [0.29, 0.717) is 12.4 Å². The monoisotopic (exact) mass is 230 g/mol. The first-order chi connectivity index (χ1) is 6.83. The lowest BCUT2D eigenvalue weighted by Crippen LogP contribution is -1.98. The molecule has 1 heterocycles. The summed E-state index contributed by atoms with van der Waals surface area (Å²) in [5, 5.41) is 7.55. The molecule has 0 aliphatic heterocycles. The Balaban J connectivity index is 2.18. The van der Waals surface area contributed by atoms with Gasteiger partial charge in [-0.1, -0.05) is 29.2 Å². The fraction of sp³-hybridized carbons (Fsp3) is 0.375. The molecule has 0 aromatic carbocycles. The summed E-state index contributed by atoms with van der Waals surface area (Å²) < 4.78 is 5.62. The van der Waals surface area contributed by atoms with Crippen molar-refractivity contribution >= 4 is 29.1 Å². The molecular weight excluding hydrogens is 220 g/mol. The molecule has 1 aromatic rings. The fourth-order valence-electron chi connectivity index (χ4n) is 0.680. The zero-order valence-electron chi connectivity index (χ0n) is 7.67. The number of ether oxygens (including phenoxy) is 1. The SMILES string of the molecule is CCOC(=O)/C=C/CSc1nncs1. The summed E-state index contributed by atoms with van der Waals surface area (Å²) in [5.41, 5.74) is 1.68. The summed E-state index contributed by atoms with van der Waals surface area (Å²) in [6, 6.07) is 0. The van der Waals surface area contributed by atoms with Crippen LogP contribution in [0.1, 0.15) is 6.92 Å². The van der Waals surface area contributed by atoms with Gasteiger partial charge in [0.15, 0.2) is 4.34 Å². The van der Waals surface area contributed by atoms with E-state index in [2.05, 4.69) is 10.2 Å². The van der Waals surface area contributed by atoms with Gasteiger partial charge in [0.25, 0.3) is 0 Å². The maximum Gasteiger partial charge on any atom is 0.330 e. The highest BCUT2D eigenvalue weighted by Gasteiger charge is 1.96. The number of hydrogen-bond acceptors (Lipinski definition) is 6. The molecular formula is C8H10N2O2S2. The van der Waals surface area contributed by atoms with Gasteiger partial charge in [0, 0.05) is 11.8 Å². The predicted octanol–water partition coefficient (Wildman–Crippen LogP) is 1.75. The predicted molar refractivity (Wildman–Crippen MR) is 56.4 cm³/mol. The highest BCUT2D eigenvalue weighted by Crippen LogP contribution is 2.18. The first-order valence-electron chi connectivity index (χ1n) is 4.05. The van der Waals surface area contributed by atoms with Gasteiger partial charge in [0.1, 0.15) is 5.51 Å². The molecule has 0 aliphatic rings. The Labute approximate surface area is 90.4 Å². The van der Waals surface area contributed by atoms with Gasteiger partial charge >= 0.3 is 5.97 Å². The standard InChI is InChI=1S/C8H10N2O2S2/c1-2-12-7(11)4-3-5-13-8-10-9-6-14-8/h3-4,6H,2,5H2,1H3/b4-3+. The third-order valence-corrected chi connectivity index (χ3v) is 3.00. The molecule has 0 fully saturated rings. The highest BCUT2D eigenvalue weighted by atomic mass is 32.2. The van der Waals surface area contributed by atoms with Gasteiger partial charge in [-0.3, -0.25) is 0 Å². The topological polar surface area (TPSA) is 52.1 Å². The van der Waals surface area contributed by atoms with Crippen molar-refractivity contribution in [3.05, 3.63) is 17.7 Å². The Morgan fingerprint density at radius 1 is 1.79 bits per heavy atom. The maximum atomic E-state index is 10.9. The van der Waals surface area contributed by atoms with Crippen LogP contribution in [0.3, 0.4) is 0 Å². The Bertz CT molecular complexity index is 298. The summed E-state index contributed by atoms with van der Waals surface area (Å²) in [6.45, 7) is 2.19. The summed E-state index contributed by atoms with van der Waals surface area (Å²) in [5.74, 6) is 0.402. The normalized spacial score (nSPS) is 10.6. The van der Waals surface area contributed by atoms with Gasteiger partial charge in [0.2, 0.25) is 0 Å². The molecule has 0 bridgehead atoms. The lowest BCUT2D eigenvalue weighted by molar-refractivity contribution is -0.137. The van der Waals surface area contributed by atoms with Crippen LogP contribution >= 0.6 is 23.1 Å². The van der Waals surface area contributed by atoms with E-state index in [9.17, 15) is 4.79 Å². The van der Waals surface area contributed by atoms with Crippen LogP contribution in [0.5, 0.6) is 0 Å². The van der Waals surface area contributed by atoms with Crippen molar-refractivity contribution in [3.8, 4) is 0 Å². The third-order valence-electron chi connectivity index (χ3n) is 1.18. The lowest BCUT2D eigenvalue weighted by atomic mass is 10.5. The van der Waals surface area contributed by atoms with E-state index in [4.69, 9.17) is 4.74 Å². The molecule has 4 nitrogen and oxygen atoms in total. The molecule has 1 aromatic heterocycles. The number of carbonyl (C=O) groups is 1. The number of nitrogens with zero attached hydrogens (tertiary/aromatic N) is 2. The first-order valence-corrected chi connectivity index (χ1v) is 5.91. The van der Waals surface area contributed by atoms with Crippen LogP contribution in [-0.2, 0) is 9.53 Å². The maximum absolute atomic E-state index is 10.9. The molecule has 1 rings (SSSR count). The second kappa shape index (κ2) is 6.56. The Hall–Kier alpha value is -0.880. The minimum absolute atomic E-state index is 0.301. The molecule has 0 spiro atoms. The van der Waals surface area contributed by atoms with Crippen LogP contribution in [0.2, 0.25) is 0 Å². The Kier molecular flexibility index (Phi) is 5.24. The fourth-order valence-corrected chi connectivity index (χ4v) is 2.00. The molecule has 14 heavy (non-hydrogen) atoms. The summed E-state index contributed by atoms with van der Waals surface area (Å²) in [4.78, 5) is 10.9. The molecule has 0 saturated carbocycles. The summed E-state index contributed by atoms with van der Waals surface area (Å²) in [7, 11) is 0. The Morgan fingerprint density at radius 3 is 3.29 bits per heavy atom. The van der Waals surface area contributed by atoms with Crippen molar-refractivity contribution in [3.63, 3.8) is 0 Å². The van der Waals surface area contributed by atoms with Crippen molar-refractivity contribution in [2.24, 2.45) is 0 Å². The van der Waals surface area contributed by atoms with Gasteiger partial charge in [-0.05, 0) is 6.92 Å². The van der Waals surface area contributed by atoms with E-state index in [-0.39, 0.29) is 5.97 Å². The average molecular weight is 230 g/mol. The van der Waals surface area contributed by atoms with Crippen LogP contribution in [0.4, 0.5) is 0 Å². The van der Waals surface area contributed by atoms with Gasteiger partial charge < -0.3 is 4.74 Å². The smallest absolute Gasteiger partial charge is 0.330 e. The second-order valence-electron chi connectivity index (χ2n) is 2.17. The van der Waals surface area contributed by atoms with Gasteiger partial charge in [-0.2, -0.15) is 0 Å². The van der Waals surface area contributed by atoms with Crippen molar-refractivity contribution in [2.75, 3.05) is 12.4 Å². The van der Waals surface area contributed by atoms with E-state index < -0.39 is 0 Å². The molecule has 0 atom stereocenters. The third kappa shape index (κ3) is 4.38. The average Bonchev–Trinajstić information content (AvgIpc) is 2.65. The number of carbonyl (C=O) groups excluding carboxylic acids is 1. The second-order valence-corrected chi connectivity index (χ2v) is 4.27. The summed E-state index contributed by atoms with van der Waals surface area (Å²) >= 11 is 3.02. The van der Waals surface area contributed by atoms with Crippen molar-refractivity contribution in [1.82, 2.24) is 10.2 Å². The van der Waals surface area contributed by atoms with Crippen LogP contribution in [-0.4, -0.2) is 28.5 Å². The minimum Gasteiger partial charge on any atom is -0.463 e. The van der Waals surface area contributed by atoms with Crippen molar-refractivity contribution in [2.45, 2.75) is 11.3 Å². The number of hydrogen-bond donors (Lipinski definition) is 0. The number of esters is 1.